The van der Waals surface area contributed by atoms with Crippen LogP contribution >= 0.6 is 11.8 Å². The van der Waals surface area contributed by atoms with E-state index >= 15 is 0 Å². The van der Waals surface area contributed by atoms with Crippen molar-refractivity contribution in [1.29, 1.82) is 5.41 Å². The van der Waals surface area contributed by atoms with E-state index in [-0.39, 0.29) is 0 Å². The van der Waals surface area contributed by atoms with Crippen LogP contribution in [0.25, 0.3) is 0 Å². The van der Waals surface area contributed by atoms with Gasteiger partial charge in [0.05, 0.1) is 18.4 Å². The van der Waals surface area contributed by atoms with Crippen LogP contribution in [0.15, 0.2) is 5.10 Å². The predicted molar refractivity (Wildman–Crippen MR) is 65.7 cm³/mol. The lowest BCUT2D eigenvalue weighted by Crippen LogP contribution is -2.25. The molecule has 2 N–H and O–H groups in total. The summed E-state index contributed by atoms with van der Waals surface area (Å²) in [6.07, 6.45) is 3.49. The molecule has 1 unspecified atom stereocenters. The fraction of sp³-hybridized carbons (Fsp3) is 0.800. The lowest BCUT2D eigenvalue weighted by molar-refractivity contribution is 0.0649. The molecule has 1 atom stereocenters. The van der Waals surface area contributed by atoms with Crippen LogP contribution in [0.2, 0.25) is 0 Å². The minimum atomic E-state index is 0.345. The van der Waals surface area contributed by atoms with Crippen LogP contribution in [0.3, 0.4) is 0 Å². The van der Waals surface area contributed by atoms with Gasteiger partial charge in [-0.2, -0.15) is 5.10 Å². The molecule has 86 valence electrons. The van der Waals surface area contributed by atoms with Gasteiger partial charge in [0, 0.05) is 12.2 Å². The van der Waals surface area contributed by atoms with E-state index in [1.807, 2.05) is 0 Å². The van der Waals surface area contributed by atoms with E-state index in [1.165, 1.54) is 11.8 Å². The Bertz CT molecular complexity index is 243. The smallest absolute Gasteiger partial charge is 0.174 e. The summed E-state index contributed by atoms with van der Waals surface area (Å²) in [6, 6.07) is 0. The highest BCUT2D eigenvalue weighted by Gasteiger charge is 2.09. The molecule has 0 fully saturated rings. The lowest BCUT2D eigenvalue weighted by Gasteiger charge is -2.15. The second kappa shape index (κ2) is 6.85. The first kappa shape index (κ1) is 12.5. The molecule has 0 radical (unpaired) electrons. The van der Waals surface area contributed by atoms with Crippen molar-refractivity contribution >= 4 is 22.6 Å². The van der Waals surface area contributed by atoms with Crippen LogP contribution in [0, 0.1) is 5.41 Å². The molecule has 15 heavy (non-hydrogen) atoms. The topological polar surface area (TPSA) is 57.5 Å². The number of nitrogens with one attached hydrogen (secondary N) is 2. The standard InChI is InChI=1S/C10H19N3OS/c1-3-4-8(2)14-6-5-9-7-15-10(11)13-12-9/h8H,3-7H2,1-2H3,(H2,11,13). The number of ether oxygens (including phenoxy) is 1. The summed E-state index contributed by atoms with van der Waals surface area (Å²) in [7, 11) is 0. The van der Waals surface area contributed by atoms with Crippen LogP contribution < -0.4 is 5.43 Å². The van der Waals surface area contributed by atoms with Crippen LogP contribution in [0.4, 0.5) is 0 Å². The molecule has 0 saturated heterocycles. The van der Waals surface area contributed by atoms with E-state index in [0.717, 1.165) is 37.3 Å². The van der Waals surface area contributed by atoms with Crippen molar-refractivity contribution < 1.29 is 4.74 Å². The van der Waals surface area contributed by atoms with Crippen molar-refractivity contribution in [2.24, 2.45) is 5.10 Å². The minimum absolute atomic E-state index is 0.345. The molecule has 1 aliphatic rings. The third-order valence-electron chi connectivity index (χ3n) is 2.19. The molecule has 0 aromatic heterocycles. The largest absolute Gasteiger partial charge is 0.378 e. The Morgan fingerprint density at radius 2 is 2.47 bits per heavy atom. The fourth-order valence-electron chi connectivity index (χ4n) is 1.35. The van der Waals surface area contributed by atoms with Gasteiger partial charge in [-0.05, 0) is 13.3 Å². The Balaban J connectivity index is 2.12. The summed E-state index contributed by atoms with van der Waals surface area (Å²) in [6.45, 7) is 5.00. The molecular formula is C10H19N3OS. The number of hydrazone groups is 1. The monoisotopic (exact) mass is 229 g/mol. The van der Waals surface area contributed by atoms with Gasteiger partial charge in [-0.3, -0.25) is 10.8 Å². The second-order valence-electron chi connectivity index (χ2n) is 3.63. The zero-order valence-electron chi connectivity index (χ0n) is 9.38. The van der Waals surface area contributed by atoms with Gasteiger partial charge in [-0.1, -0.05) is 25.1 Å². The van der Waals surface area contributed by atoms with Crippen molar-refractivity contribution in [3.63, 3.8) is 0 Å². The maximum absolute atomic E-state index is 7.29. The molecule has 0 aromatic rings. The average molecular weight is 229 g/mol. The van der Waals surface area contributed by atoms with E-state index in [1.54, 1.807) is 0 Å². The van der Waals surface area contributed by atoms with Gasteiger partial charge in [0.2, 0.25) is 0 Å². The molecule has 1 rings (SSSR count). The Labute approximate surface area is 95.4 Å². The molecule has 0 amide bonds. The van der Waals surface area contributed by atoms with Gasteiger partial charge in [0.1, 0.15) is 0 Å². The van der Waals surface area contributed by atoms with Crippen LogP contribution in [0.5, 0.6) is 0 Å². The van der Waals surface area contributed by atoms with Gasteiger partial charge < -0.3 is 4.74 Å². The molecule has 0 aromatic carbocycles. The SMILES string of the molecule is CCCC(C)OCCC1=NNC(=N)SC1. The van der Waals surface area contributed by atoms with Crippen molar-refractivity contribution in [2.75, 3.05) is 12.4 Å². The van der Waals surface area contributed by atoms with Crippen molar-refractivity contribution in [1.82, 2.24) is 5.43 Å². The normalized spacial score (nSPS) is 18.3. The van der Waals surface area contributed by atoms with Crippen LogP contribution in [0.1, 0.15) is 33.1 Å². The zero-order chi connectivity index (χ0) is 11.1. The molecule has 0 bridgehead atoms. The van der Waals surface area contributed by atoms with Crippen molar-refractivity contribution in [2.45, 2.75) is 39.2 Å². The summed E-state index contributed by atoms with van der Waals surface area (Å²) in [5.41, 5.74) is 3.76. The van der Waals surface area contributed by atoms with E-state index in [9.17, 15) is 0 Å². The number of hydrogen-bond acceptors (Lipinski definition) is 4. The van der Waals surface area contributed by atoms with E-state index < -0.39 is 0 Å². The maximum atomic E-state index is 7.29. The third kappa shape index (κ3) is 5.18. The molecular weight excluding hydrogens is 210 g/mol. The molecule has 0 saturated carbocycles. The summed E-state index contributed by atoms with van der Waals surface area (Å²) in [5.74, 6) is 0.817. The van der Waals surface area contributed by atoms with Gasteiger partial charge >= 0.3 is 0 Å². The molecule has 5 heteroatoms. The molecule has 0 spiro atoms. The van der Waals surface area contributed by atoms with Gasteiger partial charge in [-0.15, -0.1) is 0 Å². The number of thioether (sulfide) groups is 1. The lowest BCUT2D eigenvalue weighted by atomic mass is 10.2. The van der Waals surface area contributed by atoms with E-state index in [2.05, 4.69) is 24.4 Å². The Kier molecular flexibility index (Phi) is 5.71. The third-order valence-corrected chi connectivity index (χ3v) is 3.04. The van der Waals surface area contributed by atoms with Crippen LogP contribution in [-0.4, -0.2) is 29.3 Å². The van der Waals surface area contributed by atoms with E-state index in [4.69, 9.17) is 10.1 Å². The Morgan fingerprint density at radius 1 is 1.67 bits per heavy atom. The van der Waals surface area contributed by atoms with Gasteiger partial charge in [0.25, 0.3) is 0 Å². The average Bonchev–Trinajstić information content (AvgIpc) is 2.21. The van der Waals surface area contributed by atoms with Gasteiger partial charge in [0.15, 0.2) is 5.17 Å². The number of nitrogens with zero attached hydrogens (tertiary/aromatic N) is 1. The summed E-state index contributed by atoms with van der Waals surface area (Å²) >= 11 is 1.48. The van der Waals surface area contributed by atoms with Gasteiger partial charge in [-0.25, -0.2) is 0 Å². The summed E-state index contributed by atoms with van der Waals surface area (Å²) in [4.78, 5) is 0. The Morgan fingerprint density at radius 3 is 3.07 bits per heavy atom. The van der Waals surface area contributed by atoms with Crippen LogP contribution in [-0.2, 0) is 4.74 Å². The number of rotatable bonds is 6. The van der Waals surface area contributed by atoms with Crippen molar-refractivity contribution in [3.8, 4) is 0 Å². The molecule has 1 heterocycles. The molecule has 4 nitrogen and oxygen atoms in total. The summed E-state index contributed by atoms with van der Waals surface area (Å²) < 4.78 is 5.64. The number of amidine groups is 1. The predicted octanol–water partition coefficient (Wildman–Crippen LogP) is 2.21. The quantitative estimate of drug-likeness (QED) is 0.734. The zero-order valence-corrected chi connectivity index (χ0v) is 10.2. The first-order valence-electron chi connectivity index (χ1n) is 5.36. The highest BCUT2D eigenvalue weighted by Crippen LogP contribution is 2.09. The maximum Gasteiger partial charge on any atom is 0.174 e. The highest BCUT2D eigenvalue weighted by molar-refractivity contribution is 8.14. The molecule has 1 aliphatic heterocycles. The first-order chi connectivity index (χ1) is 7.22. The Hall–Kier alpha value is -0.550. The van der Waals surface area contributed by atoms with Crippen molar-refractivity contribution in [3.05, 3.63) is 0 Å². The fourth-order valence-corrected chi connectivity index (χ4v) is 1.98. The first-order valence-corrected chi connectivity index (χ1v) is 6.35. The summed E-state index contributed by atoms with van der Waals surface area (Å²) in [5, 5.41) is 11.8. The second-order valence-corrected chi connectivity index (χ2v) is 4.61. The number of hydrogen-bond donors (Lipinski definition) is 2. The van der Waals surface area contributed by atoms with E-state index in [0.29, 0.717) is 11.3 Å². The minimum Gasteiger partial charge on any atom is -0.378 e. The molecule has 0 aliphatic carbocycles. The highest BCUT2D eigenvalue weighted by atomic mass is 32.2.